The molecule has 128 valence electrons. The first-order valence-corrected chi connectivity index (χ1v) is 8.35. The van der Waals surface area contributed by atoms with E-state index in [9.17, 15) is 0 Å². The van der Waals surface area contributed by atoms with Gasteiger partial charge in [-0.2, -0.15) is 0 Å². The minimum atomic E-state index is 0.176. The number of hydrogen-bond donors (Lipinski definition) is 1. The monoisotopic (exact) mass is 347 g/mol. The zero-order valence-corrected chi connectivity index (χ0v) is 14.9. The second-order valence-corrected chi connectivity index (χ2v) is 6.16. The molecule has 5 heteroatoms. The predicted octanol–water partition coefficient (Wildman–Crippen LogP) is 3.64. The lowest BCUT2D eigenvalue weighted by atomic mass is 9.87. The van der Waals surface area contributed by atoms with E-state index in [4.69, 9.17) is 25.8 Å². The molecule has 0 saturated carbocycles. The van der Waals surface area contributed by atoms with Gasteiger partial charge in [-0.05, 0) is 47.9 Å². The SMILES string of the molecule is COc1cccc(C2CNCCc3c2cc(OC)c(OC)c3Cl)c1. The summed E-state index contributed by atoms with van der Waals surface area (Å²) in [6.07, 6.45) is 0.856. The molecule has 0 radical (unpaired) electrons. The minimum absolute atomic E-state index is 0.176. The van der Waals surface area contributed by atoms with Crippen molar-refractivity contribution < 1.29 is 14.2 Å². The van der Waals surface area contributed by atoms with Gasteiger partial charge in [-0.3, -0.25) is 0 Å². The number of methoxy groups -OCH3 is 3. The van der Waals surface area contributed by atoms with Gasteiger partial charge in [0, 0.05) is 12.5 Å². The molecule has 2 aromatic rings. The number of rotatable bonds is 4. The molecule has 1 aliphatic rings. The Kier molecular flexibility index (Phi) is 5.17. The summed E-state index contributed by atoms with van der Waals surface area (Å²) in [6, 6.07) is 10.2. The molecule has 0 bridgehead atoms. The molecule has 0 aliphatic carbocycles. The molecule has 3 rings (SSSR count). The molecule has 0 spiro atoms. The Morgan fingerprint density at radius 3 is 2.62 bits per heavy atom. The largest absolute Gasteiger partial charge is 0.497 e. The van der Waals surface area contributed by atoms with E-state index < -0.39 is 0 Å². The third-order valence-corrected chi connectivity index (χ3v) is 4.92. The Balaban J connectivity index is 2.16. The molecule has 1 atom stereocenters. The molecule has 1 aliphatic heterocycles. The summed E-state index contributed by atoms with van der Waals surface area (Å²) in [5, 5.41) is 4.14. The lowest BCUT2D eigenvalue weighted by Gasteiger charge is -2.22. The predicted molar refractivity (Wildman–Crippen MR) is 96.0 cm³/mol. The number of ether oxygens (including phenoxy) is 3. The Morgan fingerprint density at radius 1 is 1.08 bits per heavy atom. The highest BCUT2D eigenvalue weighted by atomic mass is 35.5. The van der Waals surface area contributed by atoms with Crippen LogP contribution >= 0.6 is 11.6 Å². The summed E-state index contributed by atoms with van der Waals surface area (Å²) in [7, 11) is 4.93. The maximum Gasteiger partial charge on any atom is 0.179 e. The smallest absolute Gasteiger partial charge is 0.179 e. The maximum absolute atomic E-state index is 6.64. The second-order valence-electron chi connectivity index (χ2n) is 5.78. The Bertz CT molecular complexity index is 733. The summed E-state index contributed by atoms with van der Waals surface area (Å²) in [5.41, 5.74) is 3.48. The molecule has 2 aromatic carbocycles. The van der Waals surface area contributed by atoms with Crippen LogP contribution in [0.5, 0.6) is 17.2 Å². The first-order chi connectivity index (χ1) is 11.7. The van der Waals surface area contributed by atoms with E-state index >= 15 is 0 Å². The van der Waals surface area contributed by atoms with Crippen molar-refractivity contribution in [2.24, 2.45) is 0 Å². The van der Waals surface area contributed by atoms with Crippen molar-refractivity contribution in [1.82, 2.24) is 5.32 Å². The third-order valence-electron chi connectivity index (χ3n) is 4.52. The van der Waals surface area contributed by atoms with Crippen molar-refractivity contribution >= 4 is 11.6 Å². The molecule has 0 fully saturated rings. The van der Waals surface area contributed by atoms with Gasteiger partial charge in [-0.25, -0.2) is 0 Å². The van der Waals surface area contributed by atoms with Gasteiger partial charge in [-0.1, -0.05) is 23.7 Å². The number of fused-ring (bicyclic) bond motifs is 1. The maximum atomic E-state index is 6.64. The van der Waals surface area contributed by atoms with Crippen LogP contribution in [0.1, 0.15) is 22.6 Å². The first-order valence-electron chi connectivity index (χ1n) is 7.97. The third kappa shape index (κ3) is 3.04. The van der Waals surface area contributed by atoms with Gasteiger partial charge in [-0.15, -0.1) is 0 Å². The van der Waals surface area contributed by atoms with E-state index in [0.717, 1.165) is 30.8 Å². The fourth-order valence-electron chi connectivity index (χ4n) is 3.30. The molecule has 1 heterocycles. The average Bonchev–Trinajstić information content (AvgIpc) is 2.84. The Hall–Kier alpha value is -1.91. The van der Waals surface area contributed by atoms with Gasteiger partial charge in [0.1, 0.15) is 5.75 Å². The molecular formula is C19H22ClNO3. The zero-order chi connectivity index (χ0) is 17.1. The van der Waals surface area contributed by atoms with E-state index in [1.54, 1.807) is 21.3 Å². The molecule has 24 heavy (non-hydrogen) atoms. The number of benzene rings is 2. The fourth-order valence-corrected chi connectivity index (χ4v) is 3.67. The van der Waals surface area contributed by atoms with Gasteiger partial charge in [0.15, 0.2) is 11.5 Å². The molecule has 0 saturated heterocycles. The molecule has 0 amide bonds. The summed E-state index contributed by atoms with van der Waals surface area (Å²) in [4.78, 5) is 0. The van der Waals surface area contributed by atoms with E-state index in [1.807, 2.05) is 12.1 Å². The average molecular weight is 348 g/mol. The normalized spacial score (nSPS) is 16.9. The molecular weight excluding hydrogens is 326 g/mol. The van der Waals surface area contributed by atoms with Crippen molar-refractivity contribution in [3.05, 3.63) is 52.0 Å². The second kappa shape index (κ2) is 7.32. The van der Waals surface area contributed by atoms with Crippen molar-refractivity contribution in [2.45, 2.75) is 12.3 Å². The van der Waals surface area contributed by atoms with E-state index in [0.29, 0.717) is 16.5 Å². The zero-order valence-electron chi connectivity index (χ0n) is 14.2. The van der Waals surface area contributed by atoms with Gasteiger partial charge < -0.3 is 19.5 Å². The molecule has 0 aromatic heterocycles. The van der Waals surface area contributed by atoms with Crippen LogP contribution in [0.15, 0.2) is 30.3 Å². The van der Waals surface area contributed by atoms with E-state index in [2.05, 4.69) is 23.5 Å². The van der Waals surface area contributed by atoms with Crippen molar-refractivity contribution in [2.75, 3.05) is 34.4 Å². The van der Waals surface area contributed by atoms with Crippen LogP contribution in [-0.4, -0.2) is 34.4 Å². The summed E-state index contributed by atoms with van der Waals surface area (Å²) in [6.45, 7) is 1.72. The van der Waals surface area contributed by atoms with Crippen LogP contribution in [0.3, 0.4) is 0 Å². The lowest BCUT2D eigenvalue weighted by molar-refractivity contribution is 0.354. The summed E-state index contributed by atoms with van der Waals surface area (Å²) < 4.78 is 16.3. The standard InChI is InChI=1S/C19H22ClNO3/c1-22-13-6-4-5-12(9-13)16-11-21-8-7-14-15(16)10-17(23-2)19(24-3)18(14)20/h4-6,9-10,16,21H,7-8,11H2,1-3H3. The minimum Gasteiger partial charge on any atom is -0.497 e. The van der Waals surface area contributed by atoms with Crippen LogP contribution in [0.4, 0.5) is 0 Å². The number of hydrogen-bond acceptors (Lipinski definition) is 4. The number of halogens is 1. The fraction of sp³-hybridized carbons (Fsp3) is 0.368. The molecule has 4 nitrogen and oxygen atoms in total. The topological polar surface area (TPSA) is 39.7 Å². The van der Waals surface area contributed by atoms with Crippen LogP contribution in [0, 0.1) is 0 Å². The highest BCUT2D eigenvalue weighted by molar-refractivity contribution is 6.33. The number of nitrogens with one attached hydrogen (secondary N) is 1. The lowest BCUT2D eigenvalue weighted by Crippen LogP contribution is -2.20. The van der Waals surface area contributed by atoms with E-state index in [1.165, 1.54) is 11.1 Å². The van der Waals surface area contributed by atoms with Crippen LogP contribution in [-0.2, 0) is 6.42 Å². The quantitative estimate of drug-likeness (QED) is 0.916. The Labute approximate surface area is 147 Å². The summed E-state index contributed by atoms with van der Waals surface area (Å²) in [5.74, 6) is 2.29. The van der Waals surface area contributed by atoms with Crippen molar-refractivity contribution in [3.63, 3.8) is 0 Å². The van der Waals surface area contributed by atoms with E-state index in [-0.39, 0.29) is 5.92 Å². The summed E-state index contributed by atoms with van der Waals surface area (Å²) >= 11 is 6.64. The highest BCUT2D eigenvalue weighted by Crippen LogP contribution is 2.44. The van der Waals surface area contributed by atoms with Crippen molar-refractivity contribution in [3.8, 4) is 17.2 Å². The molecule has 1 N–H and O–H groups in total. The van der Waals surface area contributed by atoms with Crippen molar-refractivity contribution in [1.29, 1.82) is 0 Å². The van der Waals surface area contributed by atoms with Crippen LogP contribution in [0.2, 0.25) is 5.02 Å². The van der Waals surface area contributed by atoms with Crippen LogP contribution in [0.25, 0.3) is 0 Å². The molecule has 1 unspecified atom stereocenters. The highest BCUT2D eigenvalue weighted by Gasteiger charge is 2.26. The first kappa shape index (κ1) is 16.9. The van der Waals surface area contributed by atoms with Gasteiger partial charge in [0.05, 0.1) is 26.4 Å². The Morgan fingerprint density at radius 2 is 1.92 bits per heavy atom. The van der Waals surface area contributed by atoms with Gasteiger partial charge in [0.25, 0.3) is 0 Å². The van der Waals surface area contributed by atoms with Gasteiger partial charge >= 0.3 is 0 Å². The van der Waals surface area contributed by atoms with Crippen LogP contribution < -0.4 is 19.5 Å². The van der Waals surface area contributed by atoms with Gasteiger partial charge in [0.2, 0.25) is 0 Å².